The molecular formula is C18H17Cl2FN4O2. The van der Waals surface area contributed by atoms with Crippen LogP contribution in [-0.4, -0.2) is 41.2 Å². The van der Waals surface area contributed by atoms with Crippen molar-refractivity contribution in [3.63, 3.8) is 0 Å². The van der Waals surface area contributed by atoms with Crippen molar-refractivity contribution in [3.05, 3.63) is 52.3 Å². The van der Waals surface area contributed by atoms with Crippen LogP contribution in [0.4, 0.5) is 10.1 Å². The van der Waals surface area contributed by atoms with Crippen molar-refractivity contribution in [2.45, 2.75) is 30.6 Å². The summed E-state index contributed by atoms with van der Waals surface area (Å²) < 4.78 is 19.8. The Labute approximate surface area is 165 Å². The number of halogens is 3. The van der Waals surface area contributed by atoms with Gasteiger partial charge < -0.3 is 15.4 Å². The molecule has 0 radical (unpaired) electrons. The van der Waals surface area contributed by atoms with Gasteiger partial charge in [0.1, 0.15) is 5.15 Å². The molecule has 2 aliphatic rings. The number of ether oxygens (including phenoxy) is 1. The van der Waals surface area contributed by atoms with Crippen LogP contribution in [0.15, 0.2) is 30.6 Å². The summed E-state index contributed by atoms with van der Waals surface area (Å²) in [4.78, 5) is 20.6. The van der Waals surface area contributed by atoms with Crippen LogP contribution in [0, 0.1) is 11.9 Å². The second-order valence-corrected chi connectivity index (χ2v) is 7.48. The molecule has 4 rings (SSSR count). The zero-order valence-electron chi connectivity index (χ0n) is 14.3. The molecule has 9 heteroatoms. The summed E-state index contributed by atoms with van der Waals surface area (Å²) in [5.74, 6) is -1.55. The first kappa shape index (κ1) is 18.6. The van der Waals surface area contributed by atoms with Crippen LogP contribution in [0.2, 0.25) is 10.2 Å². The van der Waals surface area contributed by atoms with Crippen molar-refractivity contribution < 1.29 is 13.9 Å². The van der Waals surface area contributed by atoms with Crippen LogP contribution in [-0.2, 0) is 9.53 Å². The summed E-state index contributed by atoms with van der Waals surface area (Å²) in [7, 11) is 1.86. The van der Waals surface area contributed by atoms with E-state index in [9.17, 15) is 9.18 Å². The van der Waals surface area contributed by atoms with Gasteiger partial charge in [0.25, 0.3) is 0 Å². The van der Waals surface area contributed by atoms with E-state index >= 15 is 0 Å². The largest absolute Gasteiger partial charge is 0.372 e. The van der Waals surface area contributed by atoms with Crippen LogP contribution in [0.1, 0.15) is 17.9 Å². The summed E-state index contributed by atoms with van der Waals surface area (Å²) >= 11 is 11.8. The van der Waals surface area contributed by atoms with Crippen molar-refractivity contribution >= 4 is 34.8 Å². The Morgan fingerprint density at radius 2 is 2.15 bits per heavy atom. The third-order valence-electron chi connectivity index (χ3n) is 5.23. The van der Waals surface area contributed by atoms with Gasteiger partial charge >= 0.3 is 0 Å². The number of rotatable bonds is 4. The van der Waals surface area contributed by atoms with Gasteiger partial charge in [-0.05, 0) is 37.2 Å². The summed E-state index contributed by atoms with van der Waals surface area (Å²) in [6.45, 7) is 0. The van der Waals surface area contributed by atoms with Gasteiger partial charge in [0, 0.05) is 18.2 Å². The van der Waals surface area contributed by atoms with Gasteiger partial charge in [-0.2, -0.15) is 4.39 Å². The maximum atomic E-state index is 13.7. The molecule has 2 N–H and O–H groups in total. The van der Waals surface area contributed by atoms with Crippen LogP contribution in [0.5, 0.6) is 0 Å². The lowest BCUT2D eigenvalue weighted by Crippen LogP contribution is -2.45. The number of fused-ring (bicyclic) bond motifs is 2. The quantitative estimate of drug-likeness (QED) is 0.757. The molecular weight excluding hydrogens is 394 g/mol. The van der Waals surface area contributed by atoms with E-state index in [-0.39, 0.29) is 40.3 Å². The number of hydrogen-bond acceptors (Lipinski definition) is 5. The van der Waals surface area contributed by atoms with E-state index in [1.165, 1.54) is 18.5 Å². The van der Waals surface area contributed by atoms with Crippen LogP contribution in [0.3, 0.4) is 0 Å². The molecule has 0 unspecified atom stereocenters. The van der Waals surface area contributed by atoms with E-state index in [1.807, 2.05) is 7.05 Å². The smallest absolute Gasteiger partial charge is 0.230 e. The number of carbonyl (C=O) groups is 1. The predicted molar refractivity (Wildman–Crippen MR) is 99.4 cm³/mol. The van der Waals surface area contributed by atoms with Gasteiger partial charge in [0.2, 0.25) is 11.9 Å². The zero-order chi connectivity index (χ0) is 19.1. The average molecular weight is 411 g/mol. The monoisotopic (exact) mass is 410 g/mol. The molecule has 0 aromatic carbocycles. The molecule has 0 spiro atoms. The molecule has 2 bridgehead atoms. The number of carbonyl (C=O) groups excluding carboxylic acids is 1. The molecule has 0 saturated carbocycles. The Hall–Kier alpha value is -1.80. The van der Waals surface area contributed by atoms with Gasteiger partial charge in [-0.15, -0.1) is 0 Å². The number of aromatic nitrogens is 2. The lowest BCUT2D eigenvalue weighted by atomic mass is 9.73. The van der Waals surface area contributed by atoms with Gasteiger partial charge in [-0.1, -0.05) is 23.2 Å². The fraction of sp³-hybridized carbons (Fsp3) is 0.389. The first-order valence-corrected chi connectivity index (χ1v) is 9.29. The number of hydrogen-bond donors (Lipinski definition) is 2. The van der Waals surface area contributed by atoms with Gasteiger partial charge in [0.05, 0.1) is 35.0 Å². The van der Waals surface area contributed by atoms with E-state index in [0.717, 1.165) is 0 Å². The van der Waals surface area contributed by atoms with Crippen molar-refractivity contribution in [3.8, 4) is 0 Å². The fourth-order valence-electron chi connectivity index (χ4n) is 4.09. The molecule has 1 amide bonds. The predicted octanol–water partition coefficient (Wildman–Crippen LogP) is 3.02. The molecule has 2 saturated heterocycles. The standard InChI is InChI=1S/C18H17Cl2FN4O2/c1-22-11-6-12-15(18(26)25-9-5-10(19)17(20)24-7-9)14(16(11)27-12)8-2-3-23-13(21)4-8/h2-5,7,11-12,14-16,22H,6H2,1H3,(H,25,26)/t11-,12-,14-,15+,16+/m1/s1. The number of nitrogens with zero attached hydrogens (tertiary/aromatic N) is 2. The third kappa shape index (κ3) is 3.40. The Balaban J connectivity index is 1.63. The molecule has 4 heterocycles. The first-order valence-electron chi connectivity index (χ1n) is 8.54. The molecule has 142 valence electrons. The normalized spacial score (nSPS) is 29.1. The average Bonchev–Trinajstić information content (AvgIpc) is 3.22. The molecule has 0 aliphatic carbocycles. The highest BCUT2D eigenvalue weighted by Crippen LogP contribution is 2.49. The number of amides is 1. The zero-order valence-corrected chi connectivity index (χ0v) is 15.8. The van der Waals surface area contributed by atoms with Crippen LogP contribution >= 0.6 is 23.2 Å². The van der Waals surface area contributed by atoms with E-state index in [1.54, 1.807) is 12.1 Å². The maximum Gasteiger partial charge on any atom is 0.230 e. The molecule has 27 heavy (non-hydrogen) atoms. The van der Waals surface area contributed by atoms with Crippen molar-refractivity contribution in [2.75, 3.05) is 12.4 Å². The van der Waals surface area contributed by atoms with Gasteiger partial charge in [0.15, 0.2) is 0 Å². The van der Waals surface area contributed by atoms with Crippen molar-refractivity contribution in [1.29, 1.82) is 0 Å². The third-order valence-corrected chi connectivity index (χ3v) is 5.92. The number of nitrogens with one attached hydrogen (secondary N) is 2. The molecule has 2 aromatic heterocycles. The number of anilines is 1. The Bertz CT molecular complexity index is 884. The maximum absolute atomic E-state index is 13.7. The minimum Gasteiger partial charge on any atom is -0.372 e. The number of likely N-dealkylation sites (N-methyl/N-ethyl adjacent to an activating group) is 1. The highest BCUT2D eigenvalue weighted by atomic mass is 35.5. The summed E-state index contributed by atoms with van der Waals surface area (Å²) in [5, 5.41) is 6.47. The van der Waals surface area contributed by atoms with Crippen molar-refractivity contribution in [1.82, 2.24) is 15.3 Å². The second-order valence-electron chi connectivity index (χ2n) is 6.72. The highest BCUT2D eigenvalue weighted by Gasteiger charge is 2.56. The molecule has 2 fully saturated rings. The Morgan fingerprint density at radius 1 is 1.33 bits per heavy atom. The molecule has 6 nitrogen and oxygen atoms in total. The molecule has 2 aromatic rings. The van der Waals surface area contributed by atoms with Crippen molar-refractivity contribution in [2.24, 2.45) is 5.92 Å². The van der Waals surface area contributed by atoms with Gasteiger partial charge in [-0.3, -0.25) is 4.79 Å². The Kier molecular flexibility index (Phi) is 5.03. The minimum absolute atomic E-state index is 0.104. The molecule has 5 atom stereocenters. The SMILES string of the molecule is CN[C@@H]1C[C@H]2O[C@@H]1[C@H](c1ccnc(F)c1)[C@H]2C(=O)Nc1cnc(Cl)c(Cl)c1. The lowest BCUT2D eigenvalue weighted by molar-refractivity contribution is -0.121. The first-order chi connectivity index (χ1) is 13.0. The summed E-state index contributed by atoms with van der Waals surface area (Å²) in [6, 6.07) is 4.74. The fourth-order valence-corrected chi connectivity index (χ4v) is 4.36. The van der Waals surface area contributed by atoms with E-state index < -0.39 is 11.9 Å². The van der Waals surface area contributed by atoms with E-state index in [4.69, 9.17) is 27.9 Å². The summed E-state index contributed by atoms with van der Waals surface area (Å²) in [5.41, 5.74) is 1.14. The number of pyridine rings is 2. The highest BCUT2D eigenvalue weighted by molar-refractivity contribution is 6.41. The van der Waals surface area contributed by atoms with E-state index in [0.29, 0.717) is 17.7 Å². The second kappa shape index (κ2) is 7.31. The topological polar surface area (TPSA) is 76.1 Å². The van der Waals surface area contributed by atoms with Gasteiger partial charge in [-0.25, -0.2) is 9.97 Å². The Morgan fingerprint density at radius 3 is 2.85 bits per heavy atom. The summed E-state index contributed by atoms with van der Waals surface area (Å²) in [6.07, 6.45) is 3.08. The van der Waals surface area contributed by atoms with E-state index in [2.05, 4.69) is 20.6 Å². The minimum atomic E-state index is -0.580. The molecule has 2 aliphatic heterocycles. The van der Waals surface area contributed by atoms with Crippen LogP contribution < -0.4 is 10.6 Å². The lowest BCUT2D eigenvalue weighted by Gasteiger charge is -2.32. The van der Waals surface area contributed by atoms with Crippen LogP contribution in [0.25, 0.3) is 0 Å².